The van der Waals surface area contributed by atoms with Crippen molar-refractivity contribution in [1.82, 2.24) is 9.97 Å². The number of rotatable bonds is 3. The zero-order chi connectivity index (χ0) is 13.4. The van der Waals surface area contributed by atoms with Crippen molar-refractivity contribution < 1.29 is 0 Å². The summed E-state index contributed by atoms with van der Waals surface area (Å²) in [5, 5.41) is 3.51. The van der Waals surface area contributed by atoms with Gasteiger partial charge in [-0.1, -0.05) is 23.8 Å². The maximum atomic E-state index is 6.04. The number of hydrogen-bond acceptors (Lipinski definition) is 5. The zero-order valence-electron chi connectivity index (χ0n) is 10.1. The number of nitrogens with zero attached hydrogens (tertiary/aromatic N) is 3. The smallest absolute Gasteiger partial charge is 0.188 e. The van der Waals surface area contributed by atoms with Gasteiger partial charge < -0.3 is 11.1 Å². The predicted molar refractivity (Wildman–Crippen MR) is 79.7 cm³/mol. The van der Waals surface area contributed by atoms with E-state index in [2.05, 4.69) is 26.4 Å². The van der Waals surface area contributed by atoms with E-state index in [1.165, 1.54) is 24.6 Å². The first-order valence-electron chi connectivity index (χ1n) is 5.98. The van der Waals surface area contributed by atoms with E-state index in [0.717, 1.165) is 18.3 Å². The Morgan fingerprint density at radius 2 is 2.26 bits per heavy atom. The molecule has 2 heterocycles. The summed E-state index contributed by atoms with van der Waals surface area (Å²) in [6, 6.07) is 0. The zero-order valence-corrected chi connectivity index (χ0v) is 11.6. The molecule has 0 saturated heterocycles. The lowest BCUT2D eigenvalue weighted by molar-refractivity contribution is 0.959. The van der Waals surface area contributed by atoms with Crippen LogP contribution in [0.25, 0.3) is 0 Å². The molecule has 0 amide bonds. The average molecular weight is 294 g/mol. The second-order valence-corrected chi connectivity index (χ2v) is 5.42. The van der Waals surface area contributed by atoms with E-state index in [9.17, 15) is 0 Å². The lowest BCUT2D eigenvalue weighted by Crippen LogP contribution is -2.16. The third-order valence-corrected chi connectivity index (χ3v) is 3.53. The van der Waals surface area contributed by atoms with Crippen LogP contribution >= 0.6 is 23.8 Å². The summed E-state index contributed by atoms with van der Waals surface area (Å²) in [5.74, 6) is 2.27. The van der Waals surface area contributed by atoms with E-state index in [0.29, 0.717) is 16.7 Å². The molecular weight excluding hydrogens is 282 g/mol. The van der Waals surface area contributed by atoms with Gasteiger partial charge >= 0.3 is 0 Å². The highest BCUT2D eigenvalue weighted by Gasteiger charge is 2.28. The van der Waals surface area contributed by atoms with E-state index in [1.807, 2.05) is 0 Å². The van der Waals surface area contributed by atoms with Gasteiger partial charge in [-0.3, -0.25) is 4.99 Å². The predicted octanol–water partition coefficient (Wildman–Crippen LogP) is 1.92. The number of hydrogen-bond donors (Lipinski definition) is 2. The topological polar surface area (TPSA) is 76.2 Å². The fourth-order valence-electron chi connectivity index (χ4n) is 1.91. The Kier molecular flexibility index (Phi) is 3.20. The SMILES string of the molecule is NC(=S)c1ncc(Cl)c(NC2=NCC(C3CC3)=C2)n1. The van der Waals surface area contributed by atoms with Crippen LogP contribution in [-0.4, -0.2) is 27.3 Å². The monoisotopic (exact) mass is 293 g/mol. The Hall–Kier alpha value is -1.53. The molecule has 3 rings (SSSR count). The van der Waals surface area contributed by atoms with Gasteiger partial charge in [0, 0.05) is 0 Å². The van der Waals surface area contributed by atoms with Crippen LogP contribution in [0.5, 0.6) is 0 Å². The van der Waals surface area contributed by atoms with Gasteiger partial charge in [-0.2, -0.15) is 0 Å². The molecule has 0 radical (unpaired) electrons. The molecule has 7 heteroatoms. The van der Waals surface area contributed by atoms with Crippen LogP contribution in [0.2, 0.25) is 5.02 Å². The van der Waals surface area contributed by atoms with Crippen molar-refractivity contribution in [3.8, 4) is 0 Å². The normalized spacial score (nSPS) is 17.9. The second kappa shape index (κ2) is 4.86. The number of thiocarbonyl (C=S) groups is 1. The first-order valence-corrected chi connectivity index (χ1v) is 6.76. The summed E-state index contributed by atoms with van der Waals surface area (Å²) in [5.41, 5.74) is 6.88. The molecule has 1 aliphatic carbocycles. The van der Waals surface area contributed by atoms with Crippen molar-refractivity contribution in [2.75, 3.05) is 11.9 Å². The maximum absolute atomic E-state index is 6.04. The number of nitrogens with one attached hydrogen (secondary N) is 1. The third kappa shape index (κ3) is 2.74. The largest absolute Gasteiger partial charge is 0.387 e. The summed E-state index contributed by atoms with van der Waals surface area (Å²) in [4.78, 5) is 12.7. The highest BCUT2D eigenvalue weighted by Crippen LogP contribution is 2.37. The molecular formula is C12H12ClN5S. The van der Waals surface area contributed by atoms with Crippen molar-refractivity contribution in [1.29, 1.82) is 0 Å². The van der Waals surface area contributed by atoms with Crippen LogP contribution in [0.4, 0.5) is 5.82 Å². The Balaban J connectivity index is 1.79. The minimum atomic E-state index is 0.141. The van der Waals surface area contributed by atoms with Gasteiger partial charge in [0.2, 0.25) is 0 Å². The Bertz CT molecular complexity index is 606. The second-order valence-electron chi connectivity index (χ2n) is 4.57. The molecule has 1 saturated carbocycles. The van der Waals surface area contributed by atoms with Crippen LogP contribution in [0.15, 0.2) is 22.8 Å². The average Bonchev–Trinajstić information content (AvgIpc) is 3.13. The fourth-order valence-corrected chi connectivity index (χ4v) is 2.15. The third-order valence-electron chi connectivity index (χ3n) is 3.07. The molecule has 0 unspecified atom stereocenters. The van der Waals surface area contributed by atoms with Gasteiger partial charge in [-0.25, -0.2) is 9.97 Å². The Morgan fingerprint density at radius 1 is 1.47 bits per heavy atom. The number of aliphatic imine (C=N–C) groups is 1. The highest BCUT2D eigenvalue weighted by atomic mass is 35.5. The number of amidine groups is 1. The van der Waals surface area contributed by atoms with Gasteiger partial charge in [0.25, 0.3) is 0 Å². The molecule has 0 aromatic carbocycles. The molecule has 1 aliphatic heterocycles. The van der Waals surface area contributed by atoms with E-state index in [1.54, 1.807) is 0 Å². The molecule has 0 bridgehead atoms. The van der Waals surface area contributed by atoms with Crippen LogP contribution in [0, 0.1) is 5.92 Å². The number of aromatic nitrogens is 2. The highest BCUT2D eigenvalue weighted by molar-refractivity contribution is 7.80. The van der Waals surface area contributed by atoms with Crippen LogP contribution in [-0.2, 0) is 0 Å². The van der Waals surface area contributed by atoms with Crippen LogP contribution in [0.3, 0.4) is 0 Å². The number of halogens is 1. The van der Waals surface area contributed by atoms with Crippen molar-refractivity contribution in [3.63, 3.8) is 0 Å². The van der Waals surface area contributed by atoms with Gasteiger partial charge in [0.1, 0.15) is 15.8 Å². The maximum Gasteiger partial charge on any atom is 0.188 e. The van der Waals surface area contributed by atoms with E-state index in [-0.39, 0.29) is 4.99 Å². The fraction of sp³-hybridized carbons (Fsp3) is 0.333. The Labute approximate surface area is 121 Å². The van der Waals surface area contributed by atoms with Gasteiger partial charge in [-0.15, -0.1) is 0 Å². The molecule has 98 valence electrons. The molecule has 1 fully saturated rings. The minimum absolute atomic E-state index is 0.141. The van der Waals surface area contributed by atoms with Crippen molar-refractivity contribution in [3.05, 3.63) is 28.7 Å². The molecule has 1 aromatic heterocycles. The van der Waals surface area contributed by atoms with Gasteiger partial charge in [-0.05, 0) is 30.4 Å². The number of nitrogens with two attached hydrogens (primary N) is 1. The van der Waals surface area contributed by atoms with E-state index < -0.39 is 0 Å². The molecule has 3 N–H and O–H groups in total. The molecule has 0 atom stereocenters. The lowest BCUT2D eigenvalue weighted by Gasteiger charge is -2.06. The molecule has 5 nitrogen and oxygen atoms in total. The summed E-state index contributed by atoms with van der Waals surface area (Å²) in [6.45, 7) is 0.762. The van der Waals surface area contributed by atoms with Crippen molar-refractivity contribution in [2.24, 2.45) is 16.6 Å². The molecule has 19 heavy (non-hydrogen) atoms. The van der Waals surface area contributed by atoms with Crippen LogP contribution < -0.4 is 11.1 Å². The summed E-state index contributed by atoms with van der Waals surface area (Å²) in [6.07, 6.45) is 6.09. The summed E-state index contributed by atoms with van der Waals surface area (Å²) in [7, 11) is 0. The molecule has 0 spiro atoms. The standard InChI is InChI=1S/C12H12ClN5S/c13-8-5-16-12(10(14)19)18-11(8)17-9-3-7(4-15-9)6-1-2-6/h3,5-6H,1-2,4H2,(H2,14,19)(H,15,16,17,18). The van der Waals surface area contributed by atoms with E-state index in [4.69, 9.17) is 29.6 Å². The molecule has 2 aliphatic rings. The van der Waals surface area contributed by atoms with Crippen molar-refractivity contribution in [2.45, 2.75) is 12.8 Å². The molecule has 1 aromatic rings. The van der Waals surface area contributed by atoms with Gasteiger partial charge in [0.05, 0.1) is 12.7 Å². The Morgan fingerprint density at radius 3 is 2.95 bits per heavy atom. The quantitative estimate of drug-likeness (QED) is 0.833. The summed E-state index contributed by atoms with van der Waals surface area (Å²) < 4.78 is 0. The van der Waals surface area contributed by atoms with Crippen molar-refractivity contribution >= 4 is 40.5 Å². The first kappa shape index (κ1) is 12.5. The first-order chi connectivity index (χ1) is 9.13. The number of anilines is 1. The lowest BCUT2D eigenvalue weighted by atomic mass is 10.2. The van der Waals surface area contributed by atoms with Gasteiger partial charge in [0.15, 0.2) is 11.6 Å². The van der Waals surface area contributed by atoms with Crippen LogP contribution in [0.1, 0.15) is 18.7 Å². The summed E-state index contributed by atoms with van der Waals surface area (Å²) >= 11 is 10.9. The minimum Gasteiger partial charge on any atom is -0.387 e. The van der Waals surface area contributed by atoms with E-state index >= 15 is 0 Å².